The molecule has 0 aromatic heterocycles. The summed E-state index contributed by atoms with van der Waals surface area (Å²) in [6.45, 7) is 7.30. The van der Waals surface area contributed by atoms with Gasteiger partial charge in [0.05, 0.1) is 18.1 Å². The molecular formula is C14H21NO2. The van der Waals surface area contributed by atoms with Crippen LogP contribution in [-0.4, -0.2) is 22.7 Å². The number of amides is 1. The second-order valence-electron chi connectivity index (χ2n) is 5.11. The Bertz CT molecular complexity index is 397. The first-order valence-corrected chi connectivity index (χ1v) is 5.86. The van der Waals surface area contributed by atoms with E-state index < -0.39 is 11.6 Å². The first-order chi connectivity index (χ1) is 7.81. The number of aryl methyl sites for hydroxylation is 1. The largest absolute Gasteiger partial charge is 0.391 e. The third-order valence-electron chi connectivity index (χ3n) is 2.95. The van der Waals surface area contributed by atoms with Gasteiger partial charge < -0.3 is 10.4 Å². The predicted molar refractivity (Wildman–Crippen MR) is 68.8 cm³/mol. The van der Waals surface area contributed by atoms with Crippen molar-refractivity contribution in [3.63, 3.8) is 0 Å². The van der Waals surface area contributed by atoms with E-state index in [4.69, 9.17) is 0 Å². The van der Waals surface area contributed by atoms with Gasteiger partial charge in [-0.1, -0.05) is 29.8 Å². The number of benzene rings is 1. The first-order valence-electron chi connectivity index (χ1n) is 5.86. The highest BCUT2D eigenvalue weighted by molar-refractivity contribution is 5.79. The van der Waals surface area contributed by atoms with E-state index in [0.717, 1.165) is 11.1 Å². The number of carbonyl (C=O) groups is 1. The molecule has 1 rings (SSSR count). The second-order valence-corrected chi connectivity index (χ2v) is 5.11. The third kappa shape index (κ3) is 4.19. The predicted octanol–water partition coefficient (Wildman–Crippen LogP) is 1.81. The quantitative estimate of drug-likeness (QED) is 0.836. The standard InChI is InChI=1S/C14H21NO2/c1-10-6-5-7-12(8-10)9-13(17)15-14(3,4)11(2)16/h5-8,11,16H,9H2,1-4H3,(H,15,17). The highest BCUT2D eigenvalue weighted by Crippen LogP contribution is 2.10. The molecule has 0 saturated carbocycles. The fourth-order valence-corrected chi connectivity index (χ4v) is 1.52. The molecule has 0 aliphatic carbocycles. The summed E-state index contributed by atoms with van der Waals surface area (Å²) in [4.78, 5) is 11.8. The lowest BCUT2D eigenvalue weighted by Crippen LogP contribution is -2.51. The number of nitrogens with one attached hydrogen (secondary N) is 1. The van der Waals surface area contributed by atoms with Crippen molar-refractivity contribution in [1.82, 2.24) is 5.32 Å². The average Bonchev–Trinajstić information content (AvgIpc) is 2.15. The number of carbonyl (C=O) groups excluding carboxylic acids is 1. The zero-order valence-electron chi connectivity index (χ0n) is 10.9. The van der Waals surface area contributed by atoms with Crippen LogP contribution < -0.4 is 5.32 Å². The molecule has 1 aromatic rings. The SMILES string of the molecule is Cc1cccc(CC(=O)NC(C)(C)C(C)O)c1. The molecule has 0 aliphatic rings. The minimum absolute atomic E-state index is 0.0681. The Hall–Kier alpha value is -1.35. The summed E-state index contributed by atoms with van der Waals surface area (Å²) >= 11 is 0. The van der Waals surface area contributed by atoms with Gasteiger partial charge >= 0.3 is 0 Å². The lowest BCUT2D eigenvalue weighted by atomic mass is 9.98. The minimum Gasteiger partial charge on any atom is -0.391 e. The van der Waals surface area contributed by atoms with Gasteiger partial charge in [-0.05, 0) is 33.3 Å². The maximum absolute atomic E-state index is 11.8. The van der Waals surface area contributed by atoms with Crippen LogP contribution in [0.25, 0.3) is 0 Å². The molecule has 1 atom stereocenters. The van der Waals surface area contributed by atoms with Gasteiger partial charge in [-0.15, -0.1) is 0 Å². The average molecular weight is 235 g/mol. The Kier molecular flexibility index (Phi) is 4.29. The molecule has 0 radical (unpaired) electrons. The third-order valence-corrected chi connectivity index (χ3v) is 2.95. The fraction of sp³-hybridized carbons (Fsp3) is 0.500. The summed E-state index contributed by atoms with van der Waals surface area (Å²) in [6.07, 6.45) is -0.235. The summed E-state index contributed by atoms with van der Waals surface area (Å²) in [5, 5.41) is 12.4. The summed E-state index contributed by atoms with van der Waals surface area (Å²) in [6, 6.07) is 7.87. The molecular weight excluding hydrogens is 214 g/mol. The first kappa shape index (κ1) is 13.7. The summed E-state index contributed by atoms with van der Waals surface area (Å²) in [5.74, 6) is -0.0681. The monoisotopic (exact) mass is 235 g/mol. The van der Waals surface area contributed by atoms with Crippen molar-refractivity contribution in [3.05, 3.63) is 35.4 Å². The zero-order chi connectivity index (χ0) is 13.1. The highest BCUT2D eigenvalue weighted by Gasteiger charge is 2.25. The van der Waals surface area contributed by atoms with Crippen LogP contribution in [0.5, 0.6) is 0 Å². The van der Waals surface area contributed by atoms with E-state index in [9.17, 15) is 9.90 Å². The van der Waals surface area contributed by atoms with Crippen LogP contribution in [0.1, 0.15) is 31.9 Å². The molecule has 0 bridgehead atoms. The molecule has 0 heterocycles. The van der Waals surface area contributed by atoms with Crippen molar-refractivity contribution in [1.29, 1.82) is 0 Å². The van der Waals surface area contributed by atoms with Gasteiger partial charge in [0, 0.05) is 0 Å². The van der Waals surface area contributed by atoms with E-state index in [1.807, 2.05) is 45.0 Å². The number of hydrogen-bond donors (Lipinski definition) is 2. The Morgan fingerprint density at radius 2 is 2.12 bits per heavy atom. The van der Waals surface area contributed by atoms with Crippen LogP contribution in [0.2, 0.25) is 0 Å². The van der Waals surface area contributed by atoms with E-state index in [1.54, 1.807) is 6.92 Å². The van der Waals surface area contributed by atoms with Crippen molar-refractivity contribution in [2.45, 2.75) is 45.8 Å². The molecule has 0 spiro atoms. The van der Waals surface area contributed by atoms with Crippen molar-refractivity contribution < 1.29 is 9.90 Å². The van der Waals surface area contributed by atoms with Crippen LogP contribution in [0.3, 0.4) is 0 Å². The molecule has 0 fully saturated rings. The Balaban J connectivity index is 2.62. The Morgan fingerprint density at radius 3 is 2.65 bits per heavy atom. The van der Waals surface area contributed by atoms with Crippen molar-refractivity contribution >= 4 is 5.91 Å². The van der Waals surface area contributed by atoms with E-state index in [2.05, 4.69) is 5.32 Å². The normalized spacial score (nSPS) is 13.2. The van der Waals surface area contributed by atoms with Gasteiger partial charge in [-0.2, -0.15) is 0 Å². The maximum Gasteiger partial charge on any atom is 0.224 e. The summed E-state index contributed by atoms with van der Waals surface area (Å²) in [5.41, 5.74) is 1.54. The molecule has 3 nitrogen and oxygen atoms in total. The lowest BCUT2D eigenvalue weighted by Gasteiger charge is -2.29. The van der Waals surface area contributed by atoms with Gasteiger partial charge in [0.2, 0.25) is 5.91 Å². The Labute approximate surface area is 103 Å². The molecule has 0 aliphatic heterocycles. The number of aliphatic hydroxyl groups excluding tert-OH is 1. The van der Waals surface area contributed by atoms with E-state index in [-0.39, 0.29) is 5.91 Å². The molecule has 1 amide bonds. The topological polar surface area (TPSA) is 49.3 Å². The number of hydrogen-bond acceptors (Lipinski definition) is 2. The molecule has 1 aromatic carbocycles. The van der Waals surface area contributed by atoms with Crippen LogP contribution in [0, 0.1) is 6.92 Å². The van der Waals surface area contributed by atoms with Crippen molar-refractivity contribution in [2.75, 3.05) is 0 Å². The molecule has 3 heteroatoms. The fourth-order valence-electron chi connectivity index (χ4n) is 1.52. The molecule has 17 heavy (non-hydrogen) atoms. The van der Waals surface area contributed by atoms with Gasteiger partial charge in [0.25, 0.3) is 0 Å². The van der Waals surface area contributed by atoms with E-state index in [1.165, 1.54) is 0 Å². The second kappa shape index (κ2) is 5.32. The van der Waals surface area contributed by atoms with Crippen molar-refractivity contribution in [3.8, 4) is 0 Å². The maximum atomic E-state index is 11.8. The van der Waals surface area contributed by atoms with Crippen LogP contribution in [0.15, 0.2) is 24.3 Å². The van der Waals surface area contributed by atoms with Gasteiger partial charge in [-0.25, -0.2) is 0 Å². The Morgan fingerprint density at radius 1 is 1.47 bits per heavy atom. The van der Waals surface area contributed by atoms with E-state index >= 15 is 0 Å². The molecule has 2 N–H and O–H groups in total. The van der Waals surface area contributed by atoms with Crippen molar-refractivity contribution in [2.24, 2.45) is 0 Å². The van der Waals surface area contributed by atoms with Crippen LogP contribution >= 0.6 is 0 Å². The summed E-state index contributed by atoms with van der Waals surface area (Å²) < 4.78 is 0. The minimum atomic E-state index is -0.596. The number of aliphatic hydroxyl groups is 1. The molecule has 94 valence electrons. The van der Waals surface area contributed by atoms with Gasteiger partial charge in [0.1, 0.15) is 0 Å². The smallest absolute Gasteiger partial charge is 0.224 e. The van der Waals surface area contributed by atoms with E-state index in [0.29, 0.717) is 6.42 Å². The van der Waals surface area contributed by atoms with Gasteiger partial charge in [0.15, 0.2) is 0 Å². The highest BCUT2D eigenvalue weighted by atomic mass is 16.3. The van der Waals surface area contributed by atoms with Crippen LogP contribution in [0.4, 0.5) is 0 Å². The zero-order valence-corrected chi connectivity index (χ0v) is 10.9. The van der Waals surface area contributed by atoms with Gasteiger partial charge in [-0.3, -0.25) is 4.79 Å². The molecule has 1 unspecified atom stereocenters. The van der Waals surface area contributed by atoms with Crippen LogP contribution in [-0.2, 0) is 11.2 Å². The molecule has 0 saturated heterocycles. The lowest BCUT2D eigenvalue weighted by molar-refractivity contribution is -0.123. The summed E-state index contributed by atoms with van der Waals surface area (Å²) in [7, 11) is 0. The number of rotatable bonds is 4.